The monoisotopic (exact) mass is 211 g/mol. The smallest absolute Gasteiger partial charge is 0.309 e. The van der Waals surface area contributed by atoms with Crippen LogP contribution in [-0.2, 0) is 11.2 Å². The molecule has 2 rings (SSSR count). The molecule has 0 saturated carbocycles. The minimum absolute atomic E-state index is 0.0818. The molecule has 0 radical (unpaired) electrons. The molecule has 0 aliphatic rings. The Kier molecular flexibility index (Phi) is 2.09. The fraction of sp³-hybridized carbons (Fsp3) is 0.125. The fourth-order valence-electron chi connectivity index (χ4n) is 1.25. The van der Waals surface area contributed by atoms with Gasteiger partial charge in [0.25, 0.3) is 0 Å². The van der Waals surface area contributed by atoms with E-state index in [0.717, 1.165) is 0 Å². The minimum atomic E-state index is -0.903. The second-order valence-electron chi connectivity index (χ2n) is 2.74. The summed E-state index contributed by atoms with van der Waals surface area (Å²) in [6.45, 7) is 0. The largest absolute Gasteiger partial charge is 0.481 e. The van der Waals surface area contributed by atoms with E-state index in [4.69, 9.17) is 16.7 Å². The van der Waals surface area contributed by atoms with Gasteiger partial charge in [0, 0.05) is 0 Å². The van der Waals surface area contributed by atoms with Gasteiger partial charge in [-0.1, -0.05) is 11.6 Å². The number of fused-ring (bicyclic) bond motifs is 1. The number of rotatable bonds is 2. The van der Waals surface area contributed by atoms with Gasteiger partial charge < -0.3 is 5.11 Å². The molecule has 0 bridgehead atoms. The van der Waals surface area contributed by atoms with Gasteiger partial charge in [-0.15, -0.1) is 0 Å². The molecule has 5 nitrogen and oxygen atoms in total. The van der Waals surface area contributed by atoms with Crippen LogP contribution >= 0.6 is 11.6 Å². The molecule has 0 atom stereocenters. The first kappa shape index (κ1) is 8.96. The highest BCUT2D eigenvalue weighted by Gasteiger charge is 2.08. The van der Waals surface area contributed by atoms with E-state index in [1.807, 2.05) is 0 Å². The van der Waals surface area contributed by atoms with Crippen molar-refractivity contribution in [3.63, 3.8) is 0 Å². The second-order valence-corrected chi connectivity index (χ2v) is 3.10. The van der Waals surface area contributed by atoms with Crippen molar-refractivity contribution >= 4 is 23.1 Å². The molecular weight excluding hydrogens is 206 g/mol. The lowest BCUT2D eigenvalue weighted by atomic mass is 10.3. The first-order valence-corrected chi connectivity index (χ1v) is 4.25. The molecule has 0 saturated heterocycles. The molecule has 0 fully saturated rings. The third-order valence-electron chi connectivity index (χ3n) is 1.82. The topological polar surface area (TPSA) is 67.5 Å². The summed E-state index contributed by atoms with van der Waals surface area (Å²) >= 11 is 5.79. The number of carboxylic acid groups (broad SMARTS) is 1. The molecule has 0 aliphatic heterocycles. The molecular formula is C8H6ClN3O2. The van der Waals surface area contributed by atoms with Crippen molar-refractivity contribution in [2.45, 2.75) is 6.42 Å². The summed E-state index contributed by atoms with van der Waals surface area (Å²) < 4.78 is 1.48. The SMILES string of the molecule is O=C(O)Cc1ccc2c(Cl)ncnn12. The standard InChI is InChI=1S/C8H6ClN3O2/c9-8-6-2-1-5(3-7(13)14)12(6)11-4-10-8/h1-2,4H,3H2,(H,13,14). The summed E-state index contributed by atoms with van der Waals surface area (Å²) in [5, 5.41) is 12.9. The zero-order valence-electron chi connectivity index (χ0n) is 7.01. The summed E-state index contributed by atoms with van der Waals surface area (Å²) in [6, 6.07) is 3.37. The van der Waals surface area contributed by atoms with Gasteiger partial charge in [-0.25, -0.2) is 9.50 Å². The van der Waals surface area contributed by atoms with Gasteiger partial charge in [0.15, 0.2) is 5.15 Å². The number of carboxylic acids is 1. The number of aliphatic carboxylic acids is 1. The van der Waals surface area contributed by atoms with E-state index in [1.165, 1.54) is 10.8 Å². The maximum absolute atomic E-state index is 10.5. The average Bonchev–Trinajstić information content (AvgIpc) is 2.49. The van der Waals surface area contributed by atoms with Crippen molar-refractivity contribution in [1.29, 1.82) is 0 Å². The Labute approximate surface area is 83.9 Å². The van der Waals surface area contributed by atoms with Gasteiger partial charge in [-0.05, 0) is 12.1 Å². The Morgan fingerprint density at radius 1 is 1.57 bits per heavy atom. The van der Waals surface area contributed by atoms with Crippen LogP contribution in [-0.4, -0.2) is 25.7 Å². The minimum Gasteiger partial charge on any atom is -0.481 e. The molecule has 2 aromatic heterocycles. The first-order chi connectivity index (χ1) is 6.68. The van der Waals surface area contributed by atoms with Crippen LogP contribution in [0.15, 0.2) is 18.5 Å². The Bertz CT molecular complexity index is 494. The predicted molar refractivity (Wildman–Crippen MR) is 49.3 cm³/mol. The highest BCUT2D eigenvalue weighted by molar-refractivity contribution is 6.32. The van der Waals surface area contributed by atoms with Crippen molar-refractivity contribution in [1.82, 2.24) is 14.6 Å². The van der Waals surface area contributed by atoms with Crippen molar-refractivity contribution < 1.29 is 9.90 Å². The van der Waals surface area contributed by atoms with E-state index in [0.29, 0.717) is 16.4 Å². The number of carbonyl (C=O) groups is 1. The molecule has 0 spiro atoms. The third kappa shape index (κ3) is 1.42. The molecule has 0 aliphatic carbocycles. The molecule has 0 unspecified atom stereocenters. The van der Waals surface area contributed by atoms with E-state index in [1.54, 1.807) is 12.1 Å². The number of hydrogen-bond donors (Lipinski definition) is 1. The van der Waals surface area contributed by atoms with Gasteiger partial charge in [0.05, 0.1) is 12.1 Å². The molecule has 2 aromatic rings. The Balaban J connectivity index is 2.58. The van der Waals surface area contributed by atoms with Crippen molar-refractivity contribution in [3.8, 4) is 0 Å². The van der Waals surface area contributed by atoms with E-state index >= 15 is 0 Å². The molecule has 72 valence electrons. The molecule has 2 heterocycles. The highest BCUT2D eigenvalue weighted by atomic mass is 35.5. The predicted octanol–water partition coefficient (Wildman–Crippen LogP) is 1.01. The highest BCUT2D eigenvalue weighted by Crippen LogP contribution is 2.15. The van der Waals surface area contributed by atoms with Crippen LogP contribution in [0.1, 0.15) is 5.69 Å². The van der Waals surface area contributed by atoms with Crippen LogP contribution in [0.5, 0.6) is 0 Å². The summed E-state index contributed by atoms with van der Waals surface area (Å²) in [6.07, 6.45) is 1.21. The average molecular weight is 212 g/mol. The summed E-state index contributed by atoms with van der Waals surface area (Å²) in [5.41, 5.74) is 1.20. The normalized spacial score (nSPS) is 10.6. The molecule has 0 amide bonds. The quantitative estimate of drug-likeness (QED) is 0.805. The Morgan fingerprint density at radius 3 is 3.07 bits per heavy atom. The van der Waals surface area contributed by atoms with Crippen LogP contribution < -0.4 is 0 Å². The first-order valence-electron chi connectivity index (χ1n) is 3.87. The zero-order valence-corrected chi connectivity index (χ0v) is 7.77. The summed E-state index contributed by atoms with van der Waals surface area (Å²) in [5.74, 6) is -0.903. The molecule has 0 aromatic carbocycles. The van der Waals surface area contributed by atoms with E-state index < -0.39 is 5.97 Å². The number of halogens is 1. The molecule has 14 heavy (non-hydrogen) atoms. The van der Waals surface area contributed by atoms with Gasteiger partial charge in [0.2, 0.25) is 0 Å². The lowest BCUT2D eigenvalue weighted by Crippen LogP contribution is -2.05. The van der Waals surface area contributed by atoms with E-state index in [-0.39, 0.29) is 6.42 Å². The third-order valence-corrected chi connectivity index (χ3v) is 2.11. The molecule has 1 N–H and O–H groups in total. The second kappa shape index (κ2) is 3.26. The number of hydrogen-bond acceptors (Lipinski definition) is 3. The summed E-state index contributed by atoms with van der Waals surface area (Å²) in [7, 11) is 0. The number of nitrogens with zero attached hydrogens (tertiary/aromatic N) is 3. The maximum Gasteiger partial charge on any atom is 0.309 e. The van der Waals surface area contributed by atoms with Crippen LogP contribution in [0, 0.1) is 0 Å². The number of aromatic nitrogens is 3. The summed E-state index contributed by atoms with van der Waals surface area (Å²) in [4.78, 5) is 14.3. The Morgan fingerprint density at radius 2 is 2.36 bits per heavy atom. The van der Waals surface area contributed by atoms with E-state index in [9.17, 15) is 4.79 Å². The van der Waals surface area contributed by atoms with Gasteiger partial charge in [-0.3, -0.25) is 4.79 Å². The zero-order chi connectivity index (χ0) is 10.1. The van der Waals surface area contributed by atoms with Crippen LogP contribution in [0.3, 0.4) is 0 Å². The van der Waals surface area contributed by atoms with Crippen molar-refractivity contribution in [2.75, 3.05) is 0 Å². The maximum atomic E-state index is 10.5. The van der Waals surface area contributed by atoms with Gasteiger partial charge in [-0.2, -0.15) is 5.10 Å². The van der Waals surface area contributed by atoms with Crippen LogP contribution in [0.2, 0.25) is 5.15 Å². The lowest BCUT2D eigenvalue weighted by Gasteiger charge is -1.98. The van der Waals surface area contributed by atoms with Crippen LogP contribution in [0.4, 0.5) is 0 Å². The van der Waals surface area contributed by atoms with Crippen molar-refractivity contribution in [3.05, 3.63) is 29.3 Å². The van der Waals surface area contributed by atoms with E-state index in [2.05, 4.69) is 10.1 Å². The van der Waals surface area contributed by atoms with Gasteiger partial charge >= 0.3 is 5.97 Å². The van der Waals surface area contributed by atoms with Gasteiger partial charge in [0.1, 0.15) is 11.8 Å². The Hall–Kier alpha value is -1.62. The van der Waals surface area contributed by atoms with Crippen molar-refractivity contribution in [2.24, 2.45) is 0 Å². The lowest BCUT2D eigenvalue weighted by molar-refractivity contribution is -0.136. The molecule has 6 heteroatoms. The fourth-order valence-corrected chi connectivity index (χ4v) is 1.43. The van der Waals surface area contributed by atoms with Crippen LogP contribution in [0.25, 0.3) is 5.52 Å².